The van der Waals surface area contributed by atoms with Crippen LogP contribution in [-0.4, -0.2) is 21.9 Å². The number of aryl methyl sites for hydroxylation is 1. The molecule has 3 rings (SSSR count). The molecule has 0 unspecified atom stereocenters. The van der Waals surface area contributed by atoms with Crippen molar-refractivity contribution >= 4 is 17.5 Å². The molecule has 0 radical (unpaired) electrons. The number of hydrogen-bond donors (Lipinski definition) is 2. The van der Waals surface area contributed by atoms with Crippen LogP contribution in [0, 0.1) is 13.8 Å². The number of carbonyl (C=O) groups is 1. The van der Waals surface area contributed by atoms with Gasteiger partial charge in [0, 0.05) is 24.1 Å². The maximum absolute atomic E-state index is 12.3. The lowest BCUT2D eigenvalue weighted by atomic mass is 10.1. The molecule has 1 saturated carbocycles. The topological polar surface area (TPSA) is 66.9 Å². The van der Waals surface area contributed by atoms with Gasteiger partial charge in [-0.3, -0.25) is 4.79 Å². The van der Waals surface area contributed by atoms with E-state index in [2.05, 4.69) is 20.6 Å². The zero-order valence-corrected chi connectivity index (χ0v) is 13.6. The van der Waals surface area contributed by atoms with Gasteiger partial charge in [-0.05, 0) is 43.9 Å². The van der Waals surface area contributed by atoms with E-state index in [4.69, 9.17) is 0 Å². The summed E-state index contributed by atoms with van der Waals surface area (Å²) in [5, 5.41) is 6.24. The minimum absolute atomic E-state index is 0.189. The number of benzene rings is 1. The number of amides is 1. The van der Waals surface area contributed by atoms with E-state index in [1.807, 2.05) is 32.0 Å². The highest BCUT2D eigenvalue weighted by molar-refractivity contribution is 6.04. The van der Waals surface area contributed by atoms with E-state index in [0.717, 1.165) is 29.7 Å². The molecule has 1 amide bonds. The lowest BCUT2D eigenvalue weighted by Crippen LogP contribution is -2.18. The fraction of sp³-hybridized carbons (Fsp3) is 0.389. The van der Waals surface area contributed by atoms with Crippen LogP contribution < -0.4 is 10.6 Å². The Labute approximate surface area is 136 Å². The first-order valence-electron chi connectivity index (χ1n) is 8.09. The number of hydrogen-bond acceptors (Lipinski definition) is 4. The molecule has 1 aliphatic rings. The number of nitrogens with one attached hydrogen (secondary N) is 2. The first kappa shape index (κ1) is 15.5. The minimum Gasteiger partial charge on any atom is -0.351 e. The second-order valence-corrected chi connectivity index (χ2v) is 6.12. The van der Waals surface area contributed by atoms with Gasteiger partial charge in [-0.25, -0.2) is 9.97 Å². The number of anilines is 2. The van der Waals surface area contributed by atoms with Gasteiger partial charge >= 0.3 is 0 Å². The van der Waals surface area contributed by atoms with Crippen molar-refractivity contribution in [3.63, 3.8) is 0 Å². The number of rotatable bonds is 4. The fourth-order valence-corrected chi connectivity index (χ4v) is 2.85. The minimum atomic E-state index is -0.189. The summed E-state index contributed by atoms with van der Waals surface area (Å²) in [6.07, 6.45) is 7.99. The van der Waals surface area contributed by atoms with Crippen molar-refractivity contribution in [1.29, 1.82) is 0 Å². The quantitative estimate of drug-likeness (QED) is 0.903. The van der Waals surface area contributed by atoms with Crippen molar-refractivity contribution in [3.8, 4) is 0 Å². The fourth-order valence-electron chi connectivity index (χ4n) is 2.85. The standard InChI is InChI=1S/C18H22N4O/c1-12-6-5-9-16(13(12)2)22-17(23)14-10-19-18(20-11-14)21-15-7-3-4-8-15/h5-6,9-11,15H,3-4,7-8H2,1-2H3,(H,22,23)(H,19,20,21). The van der Waals surface area contributed by atoms with Crippen molar-refractivity contribution < 1.29 is 4.79 Å². The monoisotopic (exact) mass is 310 g/mol. The van der Waals surface area contributed by atoms with Crippen LogP contribution in [0.4, 0.5) is 11.6 Å². The highest BCUT2D eigenvalue weighted by atomic mass is 16.1. The highest BCUT2D eigenvalue weighted by Gasteiger charge is 2.16. The molecule has 0 spiro atoms. The summed E-state index contributed by atoms with van der Waals surface area (Å²) in [7, 11) is 0. The summed E-state index contributed by atoms with van der Waals surface area (Å²) in [6.45, 7) is 4.02. The summed E-state index contributed by atoms with van der Waals surface area (Å²) in [5.74, 6) is 0.409. The summed E-state index contributed by atoms with van der Waals surface area (Å²) in [4.78, 5) is 20.8. The summed E-state index contributed by atoms with van der Waals surface area (Å²) in [5.41, 5.74) is 3.50. The van der Waals surface area contributed by atoms with Crippen molar-refractivity contribution in [1.82, 2.24) is 9.97 Å². The van der Waals surface area contributed by atoms with Gasteiger partial charge in [0.05, 0.1) is 5.56 Å². The number of carbonyl (C=O) groups excluding carboxylic acids is 1. The molecule has 1 aromatic heterocycles. The van der Waals surface area contributed by atoms with Gasteiger partial charge in [-0.15, -0.1) is 0 Å². The first-order valence-corrected chi connectivity index (χ1v) is 8.09. The van der Waals surface area contributed by atoms with Crippen LogP contribution in [-0.2, 0) is 0 Å². The molecule has 0 bridgehead atoms. The molecule has 5 nitrogen and oxygen atoms in total. The van der Waals surface area contributed by atoms with Gasteiger partial charge in [0.15, 0.2) is 0 Å². The van der Waals surface area contributed by atoms with Gasteiger partial charge in [-0.1, -0.05) is 25.0 Å². The molecule has 2 N–H and O–H groups in total. The Hall–Kier alpha value is -2.43. The summed E-state index contributed by atoms with van der Waals surface area (Å²) in [6, 6.07) is 6.32. The lowest BCUT2D eigenvalue weighted by Gasteiger charge is -2.12. The largest absolute Gasteiger partial charge is 0.351 e. The summed E-state index contributed by atoms with van der Waals surface area (Å²) < 4.78 is 0. The zero-order chi connectivity index (χ0) is 16.2. The van der Waals surface area contributed by atoms with E-state index in [0.29, 0.717) is 17.6 Å². The Balaban J connectivity index is 1.66. The average molecular weight is 310 g/mol. The molecule has 1 fully saturated rings. The lowest BCUT2D eigenvalue weighted by molar-refractivity contribution is 0.102. The second kappa shape index (κ2) is 6.77. The molecule has 1 aliphatic carbocycles. The third kappa shape index (κ3) is 3.67. The van der Waals surface area contributed by atoms with E-state index < -0.39 is 0 Å². The number of nitrogens with zero attached hydrogens (tertiary/aromatic N) is 2. The smallest absolute Gasteiger partial charge is 0.258 e. The molecule has 1 heterocycles. The maximum Gasteiger partial charge on any atom is 0.258 e. The van der Waals surface area contributed by atoms with Crippen LogP contribution in [0.3, 0.4) is 0 Å². The first-order chi connectivity index (χ1) is 11.1. The molecule has 23 heavy (non-hydrogen) atoms. The Kier molecular flexibility index (Phi) is 4.55. The van der Waals surface area contributed by atoms with Crippen molar-refractivity contribution in [2.75, 3.05) is 10.6 Å². The Morgan fingerprint density at radius 1 is 1.13 bits per heavy atom. The van der Waals surface area contributed by atoms with Crippen LogP contribution in [0.1, 0.15) is 47.2 Å². The predicted octanol–water partition coefficient (Wildman–Crippen LogP) is 3.70. The Morgan fingerprint density at radius 2 is 1.83 bits per heavy atom. The van der Waals surface area contributed by atoms with E-state index in [1.165, 1.54) is 12.8 Å². The van der Waals surface area contributed by atoms with E-state index >= 15 is 0 Å². The molecule has 0 atom stereocenters. The van der Waals surface area contributed by atoms with Gasteiger partial charge in [0.25, 0.3) is 5.91 Å². The van der Waals surface area contributed by atoms with Crippen LogP contribution in [0.15, 0.2) is 30.6 Å². The van der Waals surface area contributed by atoms with E-state index in [1.54, 1.807) is 12.4 Å². The zero-order valence-electron chi connectivity index (χ0n) is 13.6. The summed E-state index contributed by atoms with van der Waals surface area (Å²) >= 11 is 0. The normalized spacial score (nSPS) is 14.7. The molecule has 5 heteroatoms. The maximum atomic E-state index is 12.3. The predicted molar refractivity (Wildman–Crippen MR) is 91.8 cm³/mol. The van der Waals surface area contributed by atoms with Crippen LogP contribution in [0.5, 0.6) is 0 Å². The van der Waals surface area contributed by atoms with Crippen LogP contribution in [0.25, 0.3) is 0 Å². The second-order valence-electron chi connectivity index (χ2n) is 6.12. The Morgan fingerprint density at radius 3 is 2.52 bits per heavy atom. The molecule has 0 aliphatic heterocycles. The van der Waals surface area contributed by atoms with Crippen molar-refractivity contribution in [3.05, 3.63) is 47.3 Å². The van der Waals surface area contributed by atoms with Gasteiger partial charge < -0.3 is 10.6 Å². The van der Waals surface area contributed by atoms with Crippen LogP contribution >= 0.6 is 0 Å². The van der Waals surface area contributed by atoms with Gasteiger partial charge in [-0.2, -0.15) is 0 Å². The van der Waals surface area contributed by atoms with E-state index in [-0.39, 0.29) is 5.91 Å². The average Bonchev–Trinajstić information content (AvgIpc) is 3.05. The van der Waals surface area contributed by atoms with Crippen LogP contribution in [0.2, 0.25) is 0 Å². The van der Waals surface area contributed by atoms with Crippen molar-refractivity contribution in [2.24, 2.45) is 0 Å². The van der Waals surface area contributed by atoms with Gasteiger partial charge in [0.2, 0.25) is 5.95 Å². The highest BCUT2D eigenvalue weighted by Crippen LogP contribution is 2.21. The van der Waals surface area contributed by atoms with E-state index in [9.17, 15) is 4.79 Å². The Bertz CT molecular complexity index is 691. The molecule has 0 saturated heterocycles. The molecular weight excluding hydrogens is 288 g/mol. The van der Waals surface area contributed by atoms with Crippen molar-refractivity contribution in [2.45, 2.75) is 45.6 Å². The SMILES string of the molecule is Cc1cccc(NC(=O)c2cnc(NC3CCCC3)nc2)c1C. The molecule has 2 aromatic rings. The molecule has 120 valence electrons. The number of aromatic nitrogens is 2. The van der Waals surface area contributed by atoms with Gasteiger partial charge in [0.1, 0.15) is 0 Å². The molecular formula is C18H22N4O. The third-order valence-electron chi connectivity index (χ3n) is 4.46. The molecule has 1 aromatic carbocycles. The third-order valence-corrected chi connectivity index (χ3v) is 4.46.